The maximum Gasteiger partial charge on any atom is 0.411 e. The molecule has 2 atom stereocenters. The molecular formula is C11H20F3NO3S. The molecule has 1 fully saturated rings. The predicted octanol–water partition coefficient (Wildman–Crippen LogP) is 1.51. The van der Waals surface area contributed by atoms with Crippen molar-refractivity contribution in [2.24, 2.45) is 0 Å². The van der Waals surface area contributed by atoms with Crippen LogP contribution in [0.25, 0.3) is 0 Å². The van der Waals surface area contributed by atoms with Gasteiger partial charge < -0.3 is 10.1 Å². The van der Waals surface area contributed by atoms with E-state index in [4.69, 9.17) is 4.74 Å². The van der Waals surface area contributed by atoms with Gasteiger partial charge in [-0.05, 0) is 27.2 Å². The van der Waals surface area contributed by atoms with Gasteiger partial charge in [-0.15, -0.1) is 0 Å². The lowest BCUT2D eigenvalue weighted by molar-refractivity contribution is -0.186. The molecule has 4 nitrogen and oxygen atoms in total. The fourth-order valence-electron chi connectivity index (χ4n) is 1.94. The normalized spacial score (nSPS) is 26.4. The van der Waals surface area contributed by atoms with Crippen LogP contribution in [0.3, 0.4) is 0 Å². The zero-order valence-corrected chi connectivity index (χ0v) is 12.1. The van der Waals surface area contributed by atoms with E-state index < -0.39 is 38.7 Å². The monoisotopic (exact) mass is 303 g/mol. The average molecular weight is 303 g/mol. The maximum absolute atomic E-state index is 12.2. The van der Waals surface area contributed by atoms with E-state index in [2.05, 4.69) is 5.32 Å². The number of halogens is 3. The Morgan fingerprint density at radius 3 is 2.26 bits per heavy atom. The summed E-state index contributed by atoms with van der Waals surface area (Å²) in [5, 5.41) is 2.12. The Labute approximate surface area is 111 Å². The topological polar surface area (TPSA) is 55.4 Å². The minimum atomic E-state index is -4.39. The van der Waals surface area contributed by atoms with Crippen molar-refractivity contribution < 1.29 is 26.3 Å². The van der Waals surface area contributed by atoms with Crippen molar-refractivity contribution in [2.45, 2.75) is 49.5 Å². The van der Waals surface area contributed by atoms with Crippen LogP contribution in [0, 0.1) is 0 Å². The molecule has 0 saturated carbocycles. The lowest BCUT2D eigenvalue weighted by atomic mass is 10.1. The Hall–Kier alpha value is -0.340. The molecule has 0 amide bonds. The van der Waals surface area contributed by atoms with Crippen LogP contribution in [0.5, 0.6) is 0 Å². The lowest BCUT2D eigenvalue weighted by Gasteiger charge is -2.33. The van der Waals surface area contributed by atoms with Gasteiger partial charge in [0, 0.05) is 13.1 Å². The highest BCUT2D eigenvalue weighted by atomic mass is 32.2. The number of hydrogen-bond donors (Lipinski definition) is 1. The summed E-state index contributed by atoms with van der Waals surface area (Å²) >= 11 is 0. The summed E-state index contributed by atoms with van der Waals surface area (Å²) in [7, 11) is -3.41. The smallest absolute Gasteiger partial charge is 0.367 e. The van der Waals surface area contributed by atoms with Gasteiger partial charge in [0.1, 0.15) is 6.61 Å². The fourth-order valence-corrected chi connectivity index (χ4v) is 3.75. The van der Waals surface area contributed by atoms with Crippen molar-refractivity contribution in [3.05, 3.63) is 0 Å². The number of hydrogen-bond acceptors (Lipinski definition) is 4. The summed E-state index contributed by atoms with van der Waals surface area (Å²) in [5.74, 6) is 0. The van der Waals surface area contributed by atoms with E-state index in [0.717, 1.165) is 0 Å². The molecule has 0 aromatic carbocycles. The predicted molar refractivity (Wildman–Crippen MR) is 65.7 cm³/mol. The Balaban J connectivity index is 2.65. The van der Waals surface area contributed by atoms with Crippen molar-refractivity contribution in [2.75, 3.05) is 19.7 Å². The van der Waals surface area contributed by atoms with Crippen molar-refractivity contribution >= 4 is 9.84 Å². The molecule has 114 valence electrons. The molecule has 1 saturated heterocycles. The van der Waals surface area contributed by atoms with E-state index in [0.29, 0.717) is 0 Å². The number of ether oxygens (including phenoxy) is 1. The lowest BCUT2D eigenvalue weighted by Crippen LogP contribution is -2.51. The van der Waals surface area contributed by atoms with Gasteiger partial charge in [-0.1, -0.05) is 0 Å². The summed E-state index contributed by atoms with van der Waals surface area (Å²) in [6.45, 7) is 3.91. The van der Waals surface area contributed by atoms with Gasteiger partial charge in [-0.25, -0.2) is 8.42 Å². The first-order chi connectivity index (χ1) is 8.43. The van der Waals surface area contributed by atoms with E-state index in [-0.39, 0.29) is 19.5 Å². The molecule has 0 aromatic rings. The first-order valence-corrected chi connectivity index (χ1v) is 7.60. The third kappa shape index (κ3) is 4.61. The average Bonchev–Trinajstić information content (AvgIpc) is 2.24. The van der Waals surface area contributed by atoms with E-state index in [1.807, 2.05) is 0 Å². The molecule has 1 aliphatic rings. The number of alkyl halides is 3. The van der Waals surface area contributed by atoms with E-state index in [9.17, 15) is 21.6 Å². The zero-order chi connectivity index (χ0) is 14.9. The Morgan fingerprint density at radius 2 is 1.79 bits per heavy atom. The van der Waals surface area contributed by atoms with Crippen LogP contribution in [-0.2, 0) is 14.6 Å². The van der Waals surface area contributed by atoms with Crippen LogP contribution in [0.15, 0.2) is 0 Å². The van der Waals surface area contributed by atoms with Gasteiger partial charge >= 0.3 is 6.18 Å². The number of sulfone groups is 1. The van der Waals surface area contributed by atoms with Crippen molar-refractivity contribution in [3.63, 3.8) is 0 Å². The molecule has 1 aliphatic heterocycles. The highest BCUT2D eigenvalue weighted by molar-refractivity contribution is 7.93. The van der Waals surface area contributed by atoms with Crippen molar-refractivity contribution in [1.29, 1.82) is 0 Å². The number of piperidine rings is 1. The van der Waals surface area contributed by atoms with Crippen molar-refractivity contribution in [1.82, 2.24) is 5.32 Å². The Bertz CT molecular complexity index is 400. The summed E-state index contributed by atoms with van der Waals surface area (Å²) in [4.78, 5) is 0. The zero-order valence-electron chi connectivity index (χ0n) is 11.3. The third-order valence-electron chi connectivity index (χ3n) is 3.04. The molecule has 2 unspecified atom stereocenters. The second-order valence-electron chi connectivity index (χ2n) is 5.72. The minimum Gasteiger partial charge on any atom is -0.367 e. The molecule has 0 aliphatic carbocycles. The molecule has 1 heterocycles. The summed E-state index contributed by atoms with van der Waals surface area (Å²) in [6, 6.07) is 0. The van der Waals surface area contributed by atoms with Crippen LogP contribution in [-0.4, -0.2) is 50.4 Å². The summed E-state index contributed by atoms with van der Waals surface area (Å²) in [5.41, 5.74) is 0. The van der Waals surface area contributed by atoms with E-state index in [1.54, 1.807) is 20.8 Å². The first kappa shape index (κ1) is 16.7. The molecule has 1 rings (SSSR count). The Kier molecular flexibility index (Phi) is 4.90. The van der Waals surface area contributed by atoms with Crippen molar-refractivity contribution in [3.8, 4) is 0 Å². The highest BCUT2D eigenvalue weighted by Crippen LogP contribution is 2.26. The minimum absolute atomic E-state index is 0.0999. The largest absolute Gasteiger partial charge is 0.411 e. The van der Waals surface area contributed by atoms with Crippen LogP contribution >= 0.6 is 0 Å². The summed E-state index contributed by atoms with van der Waals surface area (Å²) < 4.78 is 64.5. The second-order valence-corrected chi connectivity index (χ2v) is 8.70. The highest BCUT2D eigenvalue weighted by Gasteiger charge is 2.40. The molecule has 0 spiro atoms. The maximum atomic E-state index is 12.2. The third-order valence-corrected chi connectivity index (χ3v) is 5.99. The Morgan fingerprint density at radius 1 is 1.21 bits per heavy atom. The standard InChI is InChI=1S/C11H20F3NO3S/c1-10(2,3)19(16,17)9-4-8(5-15-6-9)18-7-11(12,13)14/h8-9,15H,4-7H2,1-3H3. The van der Waals surface area contributed by atoms with Gasteiger partial charge in [-0.3, -0.25) is 0 Å². The van der Waals surface area contributed by atoms with Gasteiger partial charge in [0.25, 0.3) is 0 Å². The molecular weight excluding hydrogens is 283 g/mol. The first-order valence-electron chi connectivity index (χ1n) is 6.06. The van der Waals surface area contributed by atoms with E-state index in [1.165, 1.54) is 0 Å². The van der Waals surface area contributed by atoms with Crippen LogP contribution in [0.1, 0.15) is 27.2 Å². The summed E-state index contributed by atoms with van der Waals surface area (Å²) in [6.07, 6.45) is -5.02. The number of rotatable bonds is 3. The molecule has 0 bridgehead atoms. The molecule has 0 aromatic heterocycles. The van der Waals surface area contributed by atoms with Gasteiger partial charge in [0.2, 0.25) is 0 Å². The molecule has 19 heavy (non-hydrogen) atoms. The fraction of sp³-hybridized carbons (Fsp3) is 1.00. The van der Waals surface area contributed by atoms with Gasteiger partial charge in [0.15, 0.2) is 9.84 Å². The second kappa shape index (κ2) is 5.57. The SMILES string of the molecule is CC(C)(C)S(=O)(=O)C1CNCC(OCC(F)(F)F)C1. The van der Waals surface area contributed by atoms with Gasteiger partial charge in [-0.2, -0.15) is 13.2 Å². The van der Waals surface area contributed by atoms with Crippen LogP contribution in [0.2, 0.25) is 0 Å². The van der Waals surface area contributed by atoms with Gasteiger partial charge in [0.05, 0.1) is 16.1 Å². The molecule has 1 N–H and O–H groups in total. The number of nitrogens with one attached hydrogen (secondary N) is 1. The quantitative estimate of drug-likeness (QED) is 0.858. The van der Waals surface area contributed by atoms with E-state index >= 15 is 0 Å². The van der Waals surface area contributed by atoms with Crippen LogP contribution < -0.4 is 5.32 Å². The molecule has 8 heteroatoms. The molecule has 0 radical (unpaired) electrons. The van der Waals surface area contributed by atoms with Crippen LogP contribution in [0.4, 0.5) is 13.2 Å².